The van der Waals surface area contributed by atoms with E-state index in [2.05, 4.69) is 0 Å². The molecule has 136 valence electrons. The van der Waals surface area contributed by atoms with Gasteiger partial charge in [0.05, 0.1) is 21.5 Å². The summed E-state index contributed by atoms with van der Waals surface area (Å²) in [6.45, 7) is 1.24. The zero-order valence-electron chi connectivity index (χ0n) is 13.2. The molecule has 2 atom stereocenters. The lowest BCUT2D eigenvalue weighted by atomic mass is 9.91. The first-order chi connectivity index (χ1) is 12.1. The van der Waals surface area contributed by atoms with E-state index in [1.807, 2.05) is 0 Å². The van der Waals surface area contributed by atoms with Gasteiger partial charge >= 0.3 is 5.97 Å². The Labute approximate surface area is 168 Å². The van der Waals surface area contributed by atoms with Crippen LogP contribution in [-0.4, -0.2) is 11.8 Å². The van der Waals surface area contributed by atoms with Gasteiger partial charge in [0, 0.05) is 18.1 Å². The predicted molar refractivity (Wildman–Crippen MR) is 99.0 cm³/mol. The number of esters is 1. The summed E-state index contributed by atoms with van der Waals surface area (Å²) >= 11 is 23.4. The Morgan fingerprint density at radius 3 is 2.38 bits per heavy atom. The Morgan fingerprint density at radius 1 is 1.12 bits per heavy atom. The van der Waals surface area contributed by atoms with Crippen LogP contribution in [0.5, 0.6) is 0 Å². The fourth-order valence-corrected chi connectivity index (χ4v) is 4.47. The molecular formula is C18H11Cl4FO3. The van der Waals surface area contributed by atoms with E-state index in [9.17, 15) is 14.0 Å². The molecule has 3 nitrogen and oxygen atoms in total. The number of Topliss-reactive ketones (excluding diaryl/α,β-unsaturated/α-hetero) is 1. The topological polar surface area (TPSA) is 43.4 Å². The van der Waals surface area contributed by atoms with Crippen LogP contribution in [0, 0.1) is 0 Å². The molecule has 2 aromatic rings. The quantitative estimate of drug-likeness (QED) is 0.429. The lowest BCUT2D eigenvalue weighted by molar-refractivity contribution is -0.147. The van der Waals surface area contributed by atoms with Gasteiger partial charge < -0.3 is 4.74 Å². The SMILES string of the molecule is CC(=O)OC1c2ccccc2C(=O)C1c1ccc(Cl)c(C(F)(Cl)Cl)c1Cl. The van der Waals surface area contributed by atoms with Crippen LogP contribution in [0.3, 0.4) is 0 Å². The molecule has 1 aliphatic carbocycles. The second-order valence-electron chi connectivity index (χ2n) is 5.78. The molecule has 0 radical (unpaired) electrons. The molecule has 0 spiro atoms. The zero-order valence-corrected chi connectivity index (χ0v) is 16.3. The summed E-state index contributed by atoms with van der Waals surface area (Å²) in [7, 11) is 0. The largest absolute Gasteiger partial charge is 0.456 e. The molecule has 2 unspecified atom stereocenters. The molecule has 0 amide bonds. The van der Waals surface area contributed by atoms with Crippen LogP contribution in [0.1, 0.15) is 46.0 Å². The maximum absolute atomic E-state index is 14.2. The molecule has 26 heavy (non-hydrogen) atoms. The number of ketones is 1. The van der Waals surface area contributed by atoms with E-state index < -0.39 is 22.6 Å². The van der Waals surface area contributed by atoms with Gasteiger partial charge in [-0.25, -0.2) is 4.39 Å². The highest BCUT2D eigenvalue weighted by Crippen LogP contribution is 2.51. The summed E-state index contributed by atoms with van der Waals surface area (Å²) < 4.78 is 16.7. The van der Waals surface area contributed by atoms with Crippen molar-refractivity contribution in [1.29, 1.82) is 0 Å². The number of halogens is 5. The third kappa shape index (κ3) is 3.31. The molecule has 1 aliphatic rings. The first-order valence-corrected chi connectivity index (χ1v) is 8.99. The molecule has 0 heterocycles. The standard InChI is InChI=1S/C18H11Cl4FO3/c1-8(24)26-17-10-5-3-2-4-9(10)16(25)13(17)11-6-7-12(19)14(15(11)20)18(21,22)23/h2-7,13,17H,1H3. The Hall–Kier alpha value is -1.33. The van der Waals surface area contributed by atoms with E-state index >= 15 is 0 Å². The number of carbonyl (C=O) groups is 2. The number of alkyl halides is 3. The van der Waals surface area contributed by atoms with Crippen molar-refractivity contribution < 1.29 is 18.7 Å². The van der Waals surface area contributed by atoms with Crippen LogP contribution in [0.2, 0.25) is 10.0 Å². The predicted octanol–water partition coefficient (Wildman–Crippen LogP) is 6.14. The van der Waals surface area contributed by atoms with Crippen molar-refractivity contribution in [3.05, 3.63) is 68.7 Å². The molecule has 3 rings (SSSR count). The van der Waals surface area contributed by atoms with Gasteiger partial charge in [-0.3, -0.25) is 9.59 Å². The summed E-state index contributed by atoms with van der Waals surface area (Å²) in [5, 5.41) is -0.272. The smallest absolute Gasteiger partial charge is 0.303 e. The van der Waals surface area contributed by atoms with Crippen LogP contribution in [-0.2, 0) is 14.1 Å². The van der Waals surface area contributed by atoms with Crippen LogP contribution in [0.4, 0.5) is 4.39 Å². The molecule has 0 saturated heterocycles. The molecule has 0 aliphatic heterocycles. The van der Waals surface area contributed by atoms with Crippen molar-refractivity contribution in [3.8, 4) is 0 Å². The van der Waals surface area contributed by atoms with Gasteiger partial charge in [-0.15, -0.1) is 0 Å². The van der Waals surface area contributed by atoms with Gasteiger partial charge in [-0.1, -0.05) is 76.7 Å². The van der Waals surface area contributed by atoms with Crippen LogP contribution in [0.15, 0.2) is 36.4 Å². The molecular weight excluding hydrogens is 425 g/mol. The summed E-state index contributed by atoms with van der Waals surface area (Å²) in [6, 6.07) is 9.55. The minimum Gasteiger partial charge on any atom is -0.456 e. The van der Waals surface area contributed by atoms with Gasteiger partial charge in [0.15, 0.2) is 5.78 Å². The Balaban J connectivity index is 2.20. The third-order valence-corrected chi connectivity index (χ3v) is 5.25. The first kappa shape index (κ1) is 19.4. The number of rotatable bonds is 3. The fraction of sp³-hybridized carbons (Fsp3) is 0.222. The summed E-state index contributed by atoms with van der Waals surface area (Å²) in [4.78, 5) is 24.5. The lowest BCUT2D eigenvalue weighted by Gasteiger charge is -2.23. The van der Waals surface area contributed by atoms with Gasteiger partial charge in [0.2, 0.25) is 0 Å². The Morgan fingerprint density at radius 2 is 1.77 bits per heavy atom. The second-order valence-corrected chi connectivity index (χ2v) is 7.80. The van der Waals surface area contributed by atoms with Crippen molar-refractivity contribution >= 4 is 58.2 Å². The Bertz CT molecular complexity index is 908. The highest BCUT2D eigenvalue weighted by atomic mass is 35.5. The van der Waals surface area contributed by atoms with Crippen molar-refractivity contribution in [2.24, 2.45) is 0 Å². The van der Waals surface area contributed by atoms with Crippen molar-refractivity contribution in [2.75, 3.05) is 0 Å². The minimum absolute atomic E-state index is 0.0850. The van der Waals surface area contributed by atoms with Gasteiger partial charge in [-0.2, -0.15) is 0 Å². The molecule has 0 fully saturated rings. The number of benzene rings is 2. The second kappa shape index (κ2) is 7.01. The first-order valence-electron chi connectivity index (χ1n) is 7.48. The van der Waals surface area contributed by atoms with E-state index in [0.29, 0.717) is 11.1 Å². The van der Waals surface area contributed by atoms with Gasteiger partial charge in [0.1, 0.15) is 6.10 Å². The number of carbonyl (C=O) groups excluding carboxylic acids is 2. The Kier molecular flexibility index (Phi) is 5.24. The van der Waals surface area contributed by atoms with E-state index in [-0.39, 0.29) is 27.0 Å². The monoisotopic (exact) mass is 434 g/mol. The van der Waals surface area contributed by atoms with E-state index in [4.69, 9.17) is 51.1 Å². The summed E-state index contributed by atoms with van der Waals surface area (Å²) in [5.41, 5.74) is 0.821. The van der Waals surface area contributed by atoms with Crippen LogP contribution < -0.4 is 0 Å². The van der Waals surface area contributed by atoms with E-state index in [0.717, 1.165) is 0 Å². The van der Waals surface area contributed by atoms with Crippen LogP contribution >= 0.6 is 46.4 Å². The summed E-state index contributed by atoms with van der Waals surface area (Å²) in [6.07, 6.45) is -0.901. The molecule has 2 aromatic carbocycles. The van der Waals surface area contributed by atoms with E-state index in [1.54, 1.807) is 24.3 Å². The molecule has 0 saturated carbocycles. The van der Waals surface area contributed by atoms with Crippen LogP contribution in [0.25, 0.3) is 0 Å². The van der Waals surface area contributed by atoms with Gasteiger partial charge in [-0.05, 0) is 11.6 Å². The average molecular weight is 436 g/mol. The number of ether oxygens (including phenoxy) is 1. The van der Waals surface area contributed by atoms with E-state index in [1.165, 1.54) is 19.1 Å². The number of hydrogen-bond acceptors (Lipinski definition) is 3. The average Bonchev–Trinajstić information content (AvgIpc) is 2.79. The number of fused-ring (bicyclic) bond motifs is 1. The van der Waals surface area contributed by atoms with Crippen molar-refractivity contribution in [2.45, 2.75) is 23.5 Å². The van der Waals surface area contributed by atoms with Crippen molar-refractivity contribution in [3.63, 3.8) is 0 Å². The molecule has 8 heteroatoms. The minimum atomic E-state index is -2.85. The lowest BCUT2D eigenvalue weighted by Crippen LogP contribution is -2.18. The summed E-state index contributed by atoms with van der Waals surface area (Å²) in [5.74, 6) is -1.84. The highest BCUT2D eigenvalue weighted by Gasteiger charge is 2.45. The molecule has 0 aromatic heterocycles. The van der Waals surface area contributed by atoms with Crippen molar-refractivity contribution in [1.82, 2.24) is 0 Å². The number of hydrogen-bond donors (Lipinski definition) is 0. The maximum Gasteiger partial charge on any atom is 0.303 e. The zero-order chi connectivity index (χ0) is 19.2. The van der Waals surface area contributed by atoms with Gasteiger partial charge in [0.25, 0.3) is 4.59 Å². The molecule has 0 N–H and O–H groups in total. The third-order valence-electron chi connectivity index (χ3n) is 4.15. The molecule has 0 bridgehead atoms. The normalized spacial score (nSPS) is 19.4. The fourth-order valence-electron chi connectivity index (χ4n) is 3.14. The highest BCUT2D eigenvalue weighted by molar-refractivity contribution is 6.49. The maximum atomic E-state index is 14.2.